The molecule has 0 aliphatic carbocycles. The molecule has 37 heavy (non-hydrogen) atoms. The fourth-order valence-corrected chi connectivity index (χ4v) is 3.35. The number of carboxylic acids is 1. The third kappa shape index (κ3) is 12.0. The van der Waals surface area contributed by atoms with Gasteiger partial charge < -0.3 is 44.0 Å². The predicted molar refractivity (Wildman–Crippen MR) is 132 cm³/mol. The highest BCUT2D eigenvalue weighted by Gasteiger charge is 2.31. The number of rotatable bonds is 17. The molecular weight excluding hydrogens is 486 g/mol. The van der Waals surface area contributed by atoms with Crippen molar-refractivity contribution in [1.82, 2.24) is 16.0 Å². The largest absolute Gasteiger partial charge is 0.480 e. The summed E-state index contributed by atoms with van der Waals surface area (Å²) in [5, 5.41) is 16.5. The molecule has 1 aromatic rings. The Bertz CT molecular complexity index is 958. The van der Waals surface area contributed by atoms with Gasteiger partial charge in [-0.1, -0.05) is 30.3 Å². The summed E-state index contributed by atoms with van der Waals surface area (Å²) in [6.45, 7) is 0.345. The molecule has 0 aromatic heterocycles. The molecule has 4 unspecified atom stereocenters. The molecule has 0 aliphatic rings. The van der Waals surface area contributed by atoms with Crippen LogP contribution in [0.3, 0.4) is 0 Å². The van der Waals surface area contributed by atoms with E-state index in [1.54, 1.807) is 30.3 Å². The molecule has 0 radical (unpaired) electrons. The molecule has 1 aromatic carbocycles. The second-order valence-electron chi connectivity index (χ2n) is 8.44. The van der Waals surface area contributed by atoms with Crippen molar-refractivity contribution in [2.75, 3.05) is 6.54 Å². The number of unbranched alkanes of at least 4 members (excludes halogenated alkanes) is 1. The van der Waals surface area contributed by atoms with E-state index in [1.165, 1.54) is 0 Å². The summed E-state index contributed by atoms with van der Waals surface area (Å²) in [6, 6.07) is 3.18. The number of carbonyl (C=O) groups excluding carboxylic acids is 5. The van der Waals surface area contributed by atoms with Crippen LogP contribution < -0.4 is 38.9 Å². The van der Waals surface area contributed by atoms with Gasteiger partial charge in [-0.2, -0.15) is 0 Å². The number of carboxylic acid groups (broad SMARTS) is 1. The molecule has 4 atom stereocenters. The third-order valence-electron chi connectivity index (χ3n) is 5.27. The highest BCUT2D eigenvalue weighted by atomic mass is 16.4. The quantitative estimate of drug-likeness (QED) is 0.0968. The smallest absolute Gasteiger partial charge is 0.326 e. The van der Waals surface area contributed by atoms with E-state index in [0.29, 0.717) is 24.9 Å². The van der Waals surface area contributed by atoms with Gasteiger partial charge in [-0.15, -0.1) is 0 Å². The number of primary amides is 2. The van der Waals surface area contributed by atoms with Crippen LogP contribution in [-0.2, 0) is 35.2 Å². The van der Waals surface area contributed by atoms with Crippen LogP contribution in [0.15, 0.2) is 30.3 Å². The molecule has 0 bridgehead atoms. The fraction of sp³-hybridized carbons (Fsp3) is 0.478. The van der Waals surface area contributed by atoms with Gasteiger partial charge in [0.25, 0.3) is 0 Å². The zero-order valence-corrected chi connectivity index (χ0v) is 20.4. The molecule has 0 heterocycles. The Morgan fingerprint density at radius 2 is 1.30 bits per heavy atom. The Morgan fingerprint density at radius 1 is 0.757 bits per heavy atom. The van der Waals surface area contributed by atoms with Gasteiger partial charge >= 0.3 is 5.97 Å². The van der Waals surface area contributed by atoms with Crippen molar-refractivity contribution in [3.8, 4) is 0 Å². The lowest BCUT2D eigenvalue weighted by atomic mass is 10.0. The van der Waals surface area contributed by atoms with Crippen LogP contribution in [0, 0.1) is 0 Å². The number of nitrogens with one attached hydrogen (secondary N) is 3. The highest BCUT2D eigenvalue weighted by molar-refractivity contribution is 5.96. The maximum atomic E-state index is 13.1. The number of amides is 5. The van der Waals surface area contributed by atoms with Gasteiger partial charge in [-0.3, -0.25) is 24.0 Å². The second kappa shape index (κ2) is 15.9. The number of benzene rings is 1. The first-order valence-corrected chi connectivity index (χ1v) is 11.6. The monoisotopic (exact) mass is 521 g/mol. The van der Waals surface area contributed by atoms with E-state index in [-0.39, 0.29) is 12.8 Å². The van der Waals surface area contributed by atoms with Gasteiger partial charge in [0.15, 0.2) is 0 Å². The summed E-state index contributed by atoms with van der Waals surface area (Å²) in [7, 11) is 0. The first-order valence-electron chi connectivity index (χ1n) is 11.6. The molecule has 12 N–H and O–H groups in total. The molecule has 0 saturated carbocycles. The molecule has 0 saturated heterocycles. The second-order valence-corrected chi connectivity index (χ2v) is 8.44. The lowest BCUT2D eigenvalue weighted by Crippen LogP contribution is -2.58. The van der Waals surface area contributed by atoms with Crippen molar-refractivity contribution < 1.29 is 33.9 Å². The summed E-state index contributed by atoms with van der Waals surface area (Å²) in [5.41, 5.74) is 22.0. The lowest BCUT2D eigenvalue weighted by molar-refractivity contribution is -0.142. The molecule has 0 fully saturated rings. The average molecular weight is 522 g/mol. The number of hydrogen-bond donors (Lipinski definition) is 8. The first-order chi connectivity index (χ1) is 17.4. The maximum absolute atomic E-state index is 13.1. The van der Waals surface area contributed by atoms with E-state index in [9.17, 15) is 33.9 Å². The van der Waals surface area contributed by atoms with Crippen molar-refractivity contribution in [3.63, 3.8) is 0 Å². The molecule has 1 rings (SSSR count). The van der Waals surface area contributed by atoms with Crippen molar-refractivity contribution in [2.24, 2.45) is 22.9 Å². The predicted octanol–water partition coefficient (Wildman–Crippen LogP) is -3.02. The van der Waals surface area contributed by atoms with Crippen LogP contribution in [-0.4, -0.2) is 71.3 Å². The van der Waals surface area contributed by atoms with Crippen molar-refractivity contribution in [3.05, 3.63) is 35.9 Å². The fourth-order valence-electron chi connectivity index (χ4n) is 3.35. The topological polar surface area (TPSA) is 263 Å². The summed E-state index contributed by atoms with van der Waals surface area (Å²) in [5.74, 6) is -5.68. The van der Waals surface area contributed by atoms with Gasteiger partial charge in [0, 0.05) is 6.42 Å². The summed E-state index contributed by atoms with van der Waals surface area (Å²) >= 11 is 0. The Labute approximate surface area is 213 Å². The van der Waals surface area contributed by atoms with E-state index >= 15 is 0 Å². The third-order valence-corrected chi connectivity index (χ3v) is 5.27. The summed E-state index contributed by atoms with van der Waals surface area (Å²) < 4.78 is 0. The van der Waals surface area contributed by atoms with E-state index in [4.69, 9.17) is 22.9 Å². The Hall–Kier alpha value is -4.04. The van der Waals surface area contributed by atoms with Gasteiger partial charge in [0.2, 0.25) is 29.5 Å². The first kappa shape index (κ1) is 31.0. The van der Waals surface area contributed by atoms with E-state index in [1.807, 2.05) is 0 Å². The molecule has 0 aliphatic heterocycles. The van der Waals surface area contributed by atoms with Crippen LogP contribution in [0.5, 0.6) is 0 Å². The molecule has 5 amide bonds. The standard InChI is InChI=1S/C23H35N7O7/c24-9-5-4-8-15(23(36)37)28-22(35)17(12-19(27)32)30-21(34)16(10-13-6-2-1-3-7-13)29-20(33)14(25)11-18(26)31/h1-3,6-7,14-17H,4-5,8-12,24-25H2,(H2,26,31)(H2,27,32)(H,28,35)(H,29,33)(H,30,34)(H,36,37). The van der Waals surface area contributed by atoms with Crippen LogP contribution >= 0.6 is 0 Å². The molecule has 14 nitrogen and oxygen atoms in total. The lowest BCUT2D eigenvalue weighted by Gasteiger charge is -2.25. The number of aliphatic carboxylic acids is 1. The average Bonchev–Trinajstić information content (AvgIpc) is 2.82. The minimum Gasteiger partial charge on any atom is -0.480 e. The minimum absolute atomic E-state index is 0.0244. The van der Waals surface area contributed by atoms with Crippen molar-refractivity contribution >= 4 is 35.5 Å². The van der Waals surface area contributed by atoms with Crippen molar-refractivity contribution in [2.45, 2.75) is 62.7 Å². The zero-order valence-electron chi connectivity index (χ0n) is 20.4. The van der Waals surface area contributed by atoms with E-state index < -0.39 is 72.5 Å². The Balaban J connectivity index is 3.08. The van der Waals surface area contributed by atoms with E-state index in [0.717, 1.165) is 0 Å². The number of carbonyl (C=O) groups is 6. The summed E-state index contributed by atoms with van der Waals surface area (Å²) in [6.07, 6.45) is -0.0561. The summed E-state index contributed by atoms with van der Waals surface area (Å²) in [4.78, 5) is 72.7. The molecule has 0 spiro atoms. The van der Waals surface area contributed by atoms with E-state index in [2.05, 4.69) is 16.0 Å². The van der Waals surface area contributed by atoms with Crippen LogP contribution in [0.4, 0.5) is 0 Å². The molecular formula is C23H35N7O7. The van der Waals surface area contributed by atoms with Crippen LogP contribution in [0.2, 0.25) is 0 Å². The van der Waals surface area contributed by atoms with Gasteiger partial charge in [-0.25, -0.2) is 4.79 Å². The van der Waals surface area contributed by atoms with Crippen molar-refractivity contribution in [1.29, 1.82) is 0 Å². The minimum atomic E-state index is -1.52. The Morgan fingerprint density at radius 3 is 1.84 bits per heavy atom. The highest BCUT2D eigenvalue weighted by Crippen LogP contribution is 2.07. The zero-order chi connectivity index (χ0) is 28.0. The van der Waals surface area contributed by atoms with Crippen LogP contribution in [0.1, 0.15) is 37.7 Å². The Kier molecular flexibility index (Phi) is 13.3. The van der Waals surface area contributed by atoms with Gasteiger partial charge in [0.1, 0.15) is 18.1 Å². The molecule has 204 valence electrons. The van der Waals surface area contributed by atoms with Gasteiger partial charge in [0.05, 0.1) is 18.9 Å². The SMILES string of the molecule is NCCCCC(NC(=O)C(CC(N)=O)NC(=O)C(Cc1ccccc1)NC(=O)C(N)CC(N)=O)C(=O)O. The maximum Gasteiger partial charge on any atom is 0.326 e. The van der Waals surface area contributed by atoms with Gasteiger partial charge in [-0.05, 0) is 31.4 Å². The number of hydrogen-bond acceptors (Lipinski definition) is 8. The normalized spacial score (nSPS) is 13.9. The number of nitrogens with two attached hydrogens (primary N) is 4. The van der Waals surface area contributed by atoms with Crippen LogP contribution in [0.25, 0.3) is 0 Å². The molecule has 14 heteroatoms.